The number of carbonyl (C=O) groups is 1. The molecule has 14 heavy (non-hydrogen) atoms. The summed E-state index contributed by atoms with van der Waals surface area (Å²) in [5, 5.41) is 0. The minimum atomic E-state index is -0.952. The molecule has 0 atom stereocenters. The lowest BCUT2D eigenvalue weighted by Crippen LogP contribution is -1.99. The van der Waals surface area contributed by atoms with Crippen LogP contribution in [0.3, 0.4) is 0 Å². The van der Waals surface area contributed by atoms with E-state index < -0.39 is 11.8 Å². The third kappa shape index (κ3) is 2.69. The van der Waals surface area contributed by atoms with Crippen molar-refractivity contribution in [2.75, 3.05) is 7.11 Å². The predicted octanol–water partition coefficient (Wildman–Crippen LogP) is 2.48. The molecule has 1 aromatic rings. The number of ether oxygens (including phenoxy) is 1. The van der Waals surface area contributed by atoms with E-state index in [9.17, 15) is 9.18 Å². The smallest absolute Gasteiger partial charge is 0.366 e. The predicted molar refractivity (Wildman–Crippen MR) is 52.3 cm³/mol. The molecule has 0 saturated heterocycles. The van der Waals surface area contributed by atoms with Crippen molar-refractivity contribution in [3.63, 3.8) is 0 Å². The molecule has 0 radical (unpaired) electrons. The van der Waals surface area contributed by atoms with E-state index in [0.29, 0.717) is 5.56 Å². The van der Waals surface area contributed by atoms with Crippen LogP contribution >= 0.6 is 0 Å². The summed E-state index contributed by atoms with van der Waals surface area (Å²) in [5.41, 5.74) is 1.66. The second-order valence-electron chi connectivity index (χ2n) is 2.90. The van der Waals surface area contributed by atoms with Crippen molar-refractivity contribution in [1.82, 2.24) is 0 Å². The Labute approximate surface area is 82.0 Å². The van der Waals surface area contributed by atoms with Crippen molar-refractivity contribution >= 4 is 12.0 Å². The number of rotatable bonds is 2. The van der Waals surface area contributed by atoms with Crippen molar-refractivity contribution in [1.29, 1.82) is 0 Å². The highest BCUT2D eigenvalue weighted by Crippen LogP contribution is 2.10. The van der Waals surface area contributed by atoms with Crippen molar-refractivity contribution in [3.8, 4) is 0 Å². The van der Waals surface area contributed by atoms with E-state index >= 15 is 0 Å². The fraction of sp³-hybridized carbons (Fsp3) is 0.182. The summed E-state index contributed by atoms with van der Waals surface area (Å²) in [4.78, 5) is 10.7. The van der Waals surface area contributed by atoms with Crippen LogP contribution in [0, 0.1) is 6.92 Å². The molecular weight excluding hydrogens is 183 g/mol. The van der Waals surface area contributed by atoms with Gasteiger partial charge in [0.2, 0.25) is 5.83 Å². The Bertz CT molecular complexity index is 369. The number of hydrogen-bond donors (Lipinski definition) is 0. The minimum Gasteiger partial charge on any atom is -0.464 e. The summed E-state index contributed by atoms with van der Waals surface area (Å²) in [6.45, 7) is 1.90. The van der Waals surface area contributed by atoms with E-state index in [1.54, 1.807) is 18.2 Å². The van der Waals surface area contributed by atoms with Crippen LogP contribution in [0.25, 0.3) is 6.08 Å². The number of esters is 1. The average molecular weight is 194 g/mol. The highest BCUT2D eigenvalue weighted by atomic mass is 19.1. The van der Waals surface area contributed by atoms with E-state index in [0.717, 1.165) is 18.7 Å². The summed E-state index contributed by atoms with van der Waals surface area (Å²) < 4.78 is 17.2. The van der Waals surface area contributed by atoms with Gasteiger partial charge in [0.1, 0.15) is 0 Å². The molecule has 0 amide bonds. The number of halogens is 1. The second kappa shape index (κ2) is 4.56. The standard InChI is InChI=1S/C11H11FO2/c1-8-4-3-5-9(6-8)7-10(12)11(13)14-2/h3-7H,1-2H3/b10-7-. The van der Waals surface area contributed by atoms with Gasteiger partial charge in [-0.3, -0.25) is 0 Å². The van der Waals surface area contributed by atoms with Crippen molar-refractivity contribution in [2.45, 2.75) is 6.92 Å². The maximum atomic E-state index is 13.0. The van der Waals surface area contributed by atoms with Gasteiger partial charge >= 0.3 is 5.97 Å². The van der Waals surface area contributed by atoms with Gasteiger partial charge in [-0.05, 0) is 18.6 Å². The Morgan fingerprint density at radius 1 is 1.50 bits per heavy atom. The first-order valence-corrected chi connectivity index (χ1v) is 4.15. The maximum Gasteiger partial charge on any atom is 0.366 e. The van der Waals surface area contributed by atoms with Gasteiger partial charge in [0, 0.05) is 0 Å². The molecule has 1 aromatic carbocycles. The minimum absolute atomic E-state index is 0.646. The molecule has 0 N–H and O–H groups in total. The Morgan fingerprint density at radius 3 is 2.79 bits per heavy atom. The van der Waals surface area contributed by atoms with E-state index in [1.165, 1.54) is 0 Å². The lowest BCUT2D eigenvalue weighted by molar-refractivity contribution is -0.137. The third-order valence-corrected chi connectivity index (χ3v) is 1.72. The quantitative estimate of drug-likeness (QED) is 0.534. The van der Waals surface area contributed by atoms with E-state index in [2.05, 4.69) is 4.74 Å². The normalized spacial score (nSPS) is 11.2. The van der Waals surface area contributed by atoms with Gasteiger partial charge in [0.25, 0.3) is 0 Å². The summed E-state index contributed by atoms with van der Waals surface area (Å²) in [5.74, 6) is -1.84. The third-order valence-electron chi connectivity index (χ3n) is 1.72. The average Bonchev–Trinajstić information content (AvgIpc) is 2.16. The van der Waals surface area contributed by atoms with Gasteiger partial charge in [-0.15, -0.1) is 0 Å². The molecule has 74 valence electrons. The number of hydrogen-bond acceptors (Lipinski definition) is 2. The molecule has 0 spiro atoms. The Hall–Kier alpha value is -1.64. The first-order valence-electron chi connectivity index (χ1n) is 4.15. The van der Waals surface area contributed by atoms with Crippen LogP contribution in [0.2, 0.25) is 0 Å². The molecule has 1 rings (SSSR count). The number of methoxy groups -OCH3 is 1. The largest absolute Gasteiger partial charge is 0.464 e. The Balaban J connectivity index is 2.91. The molecule has 0 aromatic heterocycles. The van der Waals surface area contributed by atoms with Crippen molar-refractivity contribution in [3.05, 3.63) is 41.2 Å². The molecule has 0 unspecified atom stereocenters. The lowest BCUT2D eigenvalue weighted by atomic mass is 10.1. The van der Waals surface area contributed by atoms with Crippen LogP contribution in [-0.2, 0) is 9.53 Å². The molecule has 0 aliphatic heterocycles. The molecule has 0 aliphatic carbocycles. The molecule has 0 aliphatic rings. The van der Waals surface area contributed by atoms with Gasteiger partial charge in [0.05, 0.1) is 7.11 Å². The highest BCUT2D eigenvalue weighted by Gasteiger charge is 2.07. The van der Waals surface area contributed by atoms with Crippen LogP contribution in [0.4, 0.5) is 4.39 Å². The molecule has 0 heterocycles. The number of aryl methyl sites for hydroxylation is 1. The zero-order valence-corrected chi connectivity index (χ0v) is 8.08. The molecule has 0 bridgehead atoms. The zero-order chi connectivity index (χ0) is 10.6. The molecule has 3 heteroatoms. The first-order chi connectivity index (χ1) is 6.63. The topological polar surface area (TPSA) is 26.3 Å². The van der Waals surface area contributed by atoms with Crippen LogP contribution < -0.4 is 0 Å². The fourth-order valence-corrected chi connectivity index (χ4v) is 1.06. The fourth-order valence-electron chi connectivity index (χ4n) is 1.06. The summed E-state index contributed by atoms with van der Waals surface area (Å²) in [6, 6.07) is 7.19. The van der Waals surface area contributed by atoms with Gasteiger partial charge < -0.3 is 4.74 Å². The van der Waals surface area contributed by atoms with Gasteiger partial charge in [0.15, 0.2) is 0 Å². The molecule has 0 saturated carbocycles. The van der Waals surface area contributed by atoms with Crippen molar-refractivity contribution < 1.29 is 13.9 Å². The number of benzene rings is 1. The van der Waals surface area contributed by atoms with Crippen LogP contribution in [-0.4, -0.2) is 13.1 Å². The molecule has 2 nitrogen and oxygen atoms in total. The lowest BCUT2D eigenvalue weighted by Gasteiger charge is -1.97. The van der Waals surface area contributed by atoms with E-state index in [-0.39, 0.29) is 0 Å². The maximum absolute atomic E-state index is 13.0. The highest BCUT2D eigenvalue weighted by molar-refractivity contribution is 5.91. The second-order valence-corrected chi connectivity index (χ2v) is 2.90. The van der Waals surface area contributed by atoms with E-state index in [1.807, 2.05) is 13.0 Å². The van der Waals surface area contributed by atoms with Gasteiger partial charge in [-0.1, -0.05) is 29.8 Å². The van der Waals surface area contributed by atoms with Gasteiger partial charge in [-0.25, -0.2) is 4.79 Å². The monoisotopic (exact) mass is 194 g/mol. The molecular formula is C11H11FO2. The number of carbonyl (C=O) groups excluding carboxylic acids is 1. The first kappa shape index (κ1) is 10.4. The summed E-state index contributed by atoms with van der Waals surface area (Å²) >= 11 is 0. The van der Waals surface area contributed by atoms with Crippen LogP contribution in [0.5, 0.6) is 0 Å². The van der Waals surface area contributed by atoms with Crippen molar-refractivity contribution in [2.24, 2.45) is 0 Å². The van der Waals surface area contributed by atoms with Crippen LogP contribution in [0.1, 0.15) is 11.1 Å². The summed E-state index contributed by atoms with van der Waals surface area (Å²) in [7, 11) is 1.14. The van der Waals surface area contributed by atoms with E-state index in [4.69, 9.17) is 0 Å². The zero-order valence-electron chi connectivity index (χ0n) is 8.08. The molecule has 0 fully saturated rings. The summed E-state index contributed by atoms with van der Waals surface area (Å²) in [6.07, 6.45) is 1.15. The van der Waals surface area contributed by atoms with Gasteiger partial charge in [-0.2, -0.15) is 4.39 Å². The SMILES string of the molecule is COC(=O)/C(F)=C/c1cccc(C)c1. The Morgan fingerprint density at radius 2 is 2.21 bits per heavy atom. The van der Waals surface area contributed by atoms with Crippen LogP contribution in [0.15, 0.2) is 30.1 Å². The Kier molecular flexibility index (Phi) is 3.40.